The molecule has 0 aliphatic heterocycles. The summed E-state index contributed by atoms with van der Waals surface area (Å²) in [6.45, 7) is 9.37. The highest BCUT2D eigenvalue weighted by Gasteiger charge is 2.31. The second-order valence-corrected chi connectivity index (χ2v) is 6.13. The third-order valence-corrected chi connectivity index (χ3v) is 3.97. The summed E-state index contributed by atoms with van der Waals surface area (Å²) in [5.41, 5.74) is 3.43. The van der Waals surface area contributed by atoms with Crippen LogP contribution in [0.4, 0.5) is 0 Å². The van der Waals surface area contributed by atoms with Crippen LogP contribution in [0.5, 0.6) is 0 Å². The maximum Gasteiger partial charge on any atom is 0.353 e. The van der Waals surface area contributed by atoms with Crippen molar-refractivity contribution in [3.05, 3.63) is 34.4 Å². The number of ether oxygens (including phenoxy) is 1. The molecule has 0 spiro atoms. The SMILES string of the molecule is CCCCC(C(=O)OOC(C)OC)C(=O)c1c(C)cc(C)cc1C.O=[PH3]. The van der Waals surface area contributed by atoms with Crippen molar-refractivity contribution in [3.8, 4) is 0 Å². The van der Waals surface area contributed by atoms with Gasteiger partial charge in [-0.15, -0.1) is 0 Å². The lowest BCUT2D eigenvalue weighted by Crippen LogP contribution is -2.29. The van der Waals surface area contributed by atoms with E-state index >= 15 is 0 Å². The Balaban J connectivity index is 0.00000301. The average Bonchev–Trinajstić information content (AvgIpc) is 2.60. The molecular formula is C19H31O6P. The third kappa shape index (κ3) is 7.40. The van der Waals surface area contributed by atoms with Gasteiger partial charge in [0.1, 0.15) is 5.92 Å². The molecule has 7 heteroatoms. The van der Waals surface area contributed by atoms with Crippen molar-refractivity contribution in [3.63, 3.8) is 0 Å². The molecule has 0 aromatic heterocycles. The van der Waals surface area contributed by atoms with E-state index < -0.39 is 18.2 Å². The molecule has 0 aliphatic carbocycles. The normalized spacial score (nSPS) is 12.7. The molecule has 6 nitrogen and oxygen atoms in total. The van der Waals surface area contributed by atoms with E-state index in [9.17, 15) is 9.59 Å². The predicted octanol–water partition coefficient (Wildman–Crippen LogP) is 4.01. The fraction of sp³-hybridized carbons (Fsp3) is 0.579. The largest absolute Gasteiger partial charge is 0.353 e. The highest BCUT2D eigenvalue weighted by atomic mass is 31.0. The Kier molecular flexibility index (Phi) is 12.1. The molecule has 0 aliphatic rings. The first kappa shape index (κ1) is 24.5. The smallest absolute Gasteiger partial charge is 0.352 e. The van der Waals surface area contributed by atoms with Gasteiger partial charge in [0.2, 0.25) is 0 Å². The van der Waals surface area contributed by atoms with Gasteiger partial charge in [0, 0.05) is 12.7 Å². The van der Waals surface area contributed by atoms with Crippen LogP contribution in [0.2, 0.25) is 0 Å². The molecule has 0 radical (unpaired) electrons. The van der Waals surface area contributed by atoms with Crippen molar-refractivity contribution >= 4 is 20.9 Å². The summed E-state index contributed by atoms with van der Waals surface area (Å²) < 4.78 is 13.2. The third-order valence-electron chi connectivity index (χ3n) is 3.97. The number of aryl methyl sites for hydroxylation is 3. The van der Waals surface area contributed by atoms with Crippen molar-refractivity contribution < 1.29 is 28.7 Å². The summed E-state index contributed by atoms with van der Waals surface area (Å²) in [6.07, 6.45) is 1.40. The first-order valence-corrected chi connectivity index (χ1v) is 9.20. The van der Waals surface area contributed by atoms with Gasteiger partial charge >= 0.3 is 5.97 Å². The zero-order valence-corrected chi connectivity index (χ0v) is 18.0. The highest BCUT2D eigenvalue weighted by Crippen LogP contribution is 2.24. The molecule has 26 heavy (non-hydrogen) atoms. The Labute approximate surface area is 157 Å². The van der Waals surface area contributed by atoms with Gasteiger partial charge in [0.15, 0.2) is 12.1 Å². The summed E-state index contributed by atoms with van der Waals surface area (Å²) in [5, 5.41) is 0. The number of carbonyl (C=O) groups excluding carboxylic acids is 2. The minimum atomic E-state index is -0.867. The monoisotopic (exact) mass is 386 g/mol. The van der Waals surface area contributed by atoms with Crippen molar-refractivity contribution in [1.29, 1.82) is 0 Å². The second-order valence-electron chi connectivity index (χ2n) is 6.13. The molecule has 0 fully saturated rings. The van der Waals surface area contributed by atoms with Crippen molar-refractivity contribution in [1.82, 2.24) is 0 Å². The summed E-state index contributed by atoms with van der Waals surface area (Å²) >= 11 is 0. The first-order chi connectivity index (χ1) is 12.3. The Morgan fingerprint density at radius 1 is 1.12 bits per heavy atom. The van der Waals surface area contributed by atoms with E-state index in [1.165, 1.54) is 7.11 Å². The zero-order chi connectivity index (χ0) is 20.3. The Hall–Kier alpha value is -1.49. The van der Waals surface area contributed by atoms with E-state index in [-0.39, 0.29) is 5.78 Å². The van der Waals surface area contributed by atoms with Crippen LogP contribution in [0.1, 0.15) is 60.2 Å². The van der Waals surface area contributed by atoms with Gasteiger partial charge in [0.05, 0.1) is 9.12 Å². The summed E-state index contributed by atoms with van der Waals surface area (Å²) in [6, 6.07) is 3.90. The minimum Gasteiger partial charge on any atom is -0.352 e. The van der Waals surface area contributed by atoms with E-state index in [0.29, 0.717) is 21.1 Å². The molecule has 0 saturated carbocycles. The van der Waals surface area contributed by atoms with Gasteiger partial charge in [0.25, 0.3) is 0 Å². The Morgan fingerprint density at radius 3 is 2.12 bits per heavy atom. The number of unbranched alkanes of at least 4 members (excludes halogenated alkanes) is 1. The summed E-state index contributed by atoms with van der Waals surface area (Å²) in [4.78, 5) is 35.0. The van der Waals surface area contributed by atoms with E-state index in [1.807, 2.05) is 39.8 Å². The molecule has 148 valence electrons. The van der Waals surface area contributed by atoms with Gasteiger partial charge in [-0.3, -0.25) is 9.68 Å². The van der Waals surface area contributed by atoms with Crippen molar-refractivity contribution in [2.24, 2.45) is 5.92 Å². The fourth-order valence-corrected chi connectivity index (χ4v) is 2.72. The predicted molar refractivity (Wildman–Crippen MR) is 103 cm³/mol. The first-order valence-electron chi connectivity index (χ1n) is 8.62. The van der Waals surface area contributed by atoms with Crippen LogP contribution in [-0.4, -0.2) is 25.2 Å². The van der Waals surface area contributed by atoms with Gasteiger partial charge in [-0.05, 0) is 45.2 Å². The van der Waals surface area contributed by atoms with Crippen molar-refractivity contribution in [2.45, 2.75) is 60.2 Å². The molecule has 0 bridgehead atoms. The molecule has 0 saturated heterocycles. The molecular weight excluding hydrogens is 355 g/mol. The van der Waals surface area contributed by atoms with Gasteiger partial charge in [-0.1, -0.05) is 37.5 Å². The molecule has 3 atom stereocenters. The maximum atomic E-state index is 13.0. The highest BCUT2D eigenvalue weighted by molar-refractivity contribution is 7.00. The second kappa shape index (κ2) is 12.8. The lowest BCUT2D eigenvalue weighted by atomic mass is 9.87. The molecule has 1 rings (SSSR count). The lowest BCUT2D eigenvalue weighted by Gasteiger charge is -2.18. The van der Waals surface area contributed by atoms with Crippen LogP contribution >= 0.6 is 9.12 Å². The van der Waals surface area contributed by atoms with Crippen LogP contribution in [0.3, 0.4) is 0 Å². The average molecular weight is 386 g/mol. The summed E-state index contributed by atoms with van der Waals surface area (Å²) in [7, 11) is 2.05. The number of ketones is 1. The van der Waals surface area contributed by atoms with Crippen LogP contribution in [0, 0.1) is 26.7 Å². The van der Waals surface area contributed by atoms with Crippen molar-refractivity contribution in [2.75, 3.05) is 7.11 Å². The molecule has 0 N–H and O–H groups in total. The number of hydrogen-bond acceptors (Lipinski definition) is 6. The Bertz CT molecular complexity index is 579. The molecule has 1 aromatic carbocycles. The standard InChI is InChI=1S/C19H28O5.H3OP/c1-7-8-9-16(19(21)24-23-15(5)22-6)18(20)17-13(3)10-12(2)11-14(17)4;1-2/h10-11,15-16H,7-9H2,1-6H3;2H3. The number of methoxy groups -OCH3 is 1. The van der Waals surface area contributed by atoms with E-state index in [0.717, 1.165) is 29.5 Å². The lowest BCUT2D eigenvalue weighted by molar-refractivity contribution is -0.343. The molecule has 0 heterocycles. The summed E-state index contributed by atoms with van der Waals surface area (Å²) in [5.74, 6) is -1.75. The number of Topliss-reactive ketones (excluding diaryl/α,β-unsaturated/α-hetero) is 1. The van der Waals surface area contributed by atoms with Gasteiger partial charge in [-0.2, -0.15) is 4.89 Å². The van der Waals surface area contributed by atoms with Crippen LogP contribution in [0.15, 0.2) is 12.1 Å². The number of benzene rings is 1. The van der Waals surface area contributed by atoms with Gasteiger partial charge < -0.3 is 9.30 Å². The number of hydrogen-bond donors (Lipinski definition) is 0. The quantitative estimate of drug-likeness (QED) is 0.159. The van der Waals surface area contributed by atoms with Gasteiger partial charge in [-0.25, -0.2) is 4.79 Å². The van der Waals surface area contributed by atoms with E-state index in [1.54, 1.807) is 6.92 Å². The molecule has 1 aromatic rings. The fourth-order valence-electron chi connectivity index (χ4n) is 2.72. The van der Waals surface area contributed by atoms with E-state index in [2.05, 4.69) is 0 Å². The van der Waals surface area contributed by atoms with Crippen LogP contribution in [0.25, 0.3) is 0 Å². The number of rotatable bonds is 9. The minimum absolute atomic E-state index is 0.211. The molecule has 3 unspecified atom stereocenters. The van der Waals surface area contributed by atoms with Crippen LogP contribution < -0.4 is 0 Å². The van der Waals surface area contributed by atoms with Crippen LogP contribution in [-0.2, 0) is 23.9 Å². The maximum absolute atomic E-state index is 13.0. The molecule has 0 amide bonds. The number of carbonyl (C=O) groups is 2. The Morgan fingerprint density at radius 2 is 1.65 bits per heavy atom. The van der Waals surface area contributed by atoms with E-state index in [4.69, 9.17) is 19.1 Å². The zero-order valence-electron chi connectivity index (χ0n) is 16.6. The topological polar surface area (TPSA) is 78.9 Å².